The van der Waals surface area contributed by atoms with Gasteiger partial charge in [-0.1, -0.05) is 0 Å². The summed E-state index contributed by atoms with van der Waals surface area (Å²) in [5.41, 5.74) is 3.25. The molecule has 105 heavy (non-hydrogen) atoms. The topological polar surface area (TPSA) is 368 Å². The zero-order valence-corrected chi connectivity index (χ0v) is 59.0. The molecule has 14 aromatic rings. The fourth-order valence-corrected chi connectivity index (χ4v) is 10.5. The summed E-state index contributed by atoms with van der Waals surface area (Å²) in [5.74, 6) is 2.87. The molecule has 538 valence electrons. The van der Waals surface area contributed by atoms with E-state index in [0.29, 0.717) is 105 Å². The number of hydrogen-bond acceptors (Lipinski definition) is 25. The van der Waals surface area contributed by atoms with Crippen molar-refractivity contribution in [2.24, 2.45) is 0 Å². The molecule has 7 N–H and O–H groups in total. The van der Waals surface area contributed by atoms with Crippen LogP contribution >= 0.6 is 15.9 Å². The third kappa shape index (κ3) is 17.8. The number of aromatic hydroxyl groups is 7. The summed E-state index contributed by atoms with van der Waals surface area (Å²) in [6.45, 7) is 1.40. The Morgan fingerprint density at radius 2 is 0.781 bits per heavy atom. The van der Waals surface area contributed by atoms with E-state index in [-0.39, 0.29) is 107 Å². The number of rotatable bonds is 12. The number of Topliss-reactive ketones (excluding diaryl/α,β-unsaturated/α-hetero) is 1. The molecule has 9 aromatic carbocycles. The first-order valence-electron chi connectivity index (χ1n) is 31.1. The van der Waals surface area contributed by atoms with Crippen LogP contribution in [-0.4, -0.2) is 109 Å². The molecule has 0 aliphatic rings. The molecule has 26 heteroatoms. The first-order valence-corrected chi connectivity index (χ1v) is 31.9. The molecule has 0 saturated carbocycles. The number of phenols is 7. The Hall–Kier alpha value is -13.6. The van der Waals surface area contributed by atoms with Gasteiger partial charge in [0.2, 0.25) is 21.7 Å². The molecule has 0 unspecified atom stereocenters. The summed E-state index contributed by atoms with van der Waals surface area (Å²) in [4.78, 5) is 73.5. The average molecular weight is 1490 g/mol. The minimum Gasteiger partial charge on any atom is -0.508 e. The lowest BCUT2D eigenvalue weighted by atomic mass is 10.0. The maximum atomic E-state index is 12.8. The van der Waals surface area contributed by atoms with E-state index in [1.807, 2.05) is 14.1 Å². The molecule has 0 fully saturated rings. The number of allylic oxidation sites excluding steroid dienone is 1. The number of phenolic OH excluding ortho intramolecular Hbond substituents is 7. The number of nitrogens with zero attached hydrogens (tertiary/aromatic N) is 1. The second-order valence-electron chi connectivity index (χ2n) is 22.6. The van der Waals surface area contributed by atoms with E-state index in [2.05, 4.69) is 15.9 Å². The Morgan fingerprint density at radius 3 is 1.28 bits per heavy atom. The van der Waals surface area contributed by atoms with E-state index in [1.54, 1.807) is 112 Å². The lowest BCUT2D eigenvalue weighted by Crippen LogP contribution is -2.06. The van der Waals surface area contributed by atoms with Crippen LogP contribution in [0.3, 0.4) is 0 Å². The van der Waals surface area contributed by atoms with Crippen LogP contribution < -0.4 is 50.1 Å². The van der Waals surface area contributed by atoms with Crippen molar-refractivity contribution in [2.75, 3.05) is 56.8 Å². The highest BCUT2D eigenvalue weighted by Crippen LogP contribution is 2.36. The maximum absolute atomic E-state index is 12.8. The number of carbonyl (C=O) groups is 2. The lowest BCUT2D eigenvalue weighted by Gasteiger charge is -2.10. The first kappa shape index (κ1) is 75.6. The molecule has 0 bridgehead atoms. The molecule has 25 nitrogen and oxygen atoms in total. The molecule has 0 spiro atoms. The normalized spacial score (nSPS) is 10.6. The van der Waals surface area contributed by atoms with Gasteiger partial charge < -0.3 is 91.2 Å². The van der Waals surface area contributed by atoms with Gasteiger partial charge in [-0.2, -0.15) is 0 Å². The number of fused-ring (bicyclic) bond motifs is 7. The number of methoxy groups -OCH3 is 6. The predicted molar refractivity (Wildman–Crippen MR) is 397 cm³/mol. The van der Waals surface area contributed by atoms with Crippen LogP contribution in [0.1, 0.15) is 27.6 Å². The number of ketones is 2. The van der Waals surface area contributed by atoms with Crippen LogP contribution in [-0.2, 0) is 0 Å². The maximum Gasteiger partial charge on any atom is 0.302 e. The molecular formula is C79H66BrNO24. The largest absolute Gasteiger partial charge is 0.508 e. The van der Waals surface area contributed by atoms with Gasteiger partial charge in [0.05, 0.1) is 86.5 Å². The van der Waals surface area contributed by atoms with Crippen molar-refractivity contribution in [1.29, 1.82) is 0 Å². The first-order chi connectivity index (χ1) is 50.3. The van der Waals surface area contributed by atoms with Crippen molar-refractivity contribution in [2.45, 2.75) is 6.92 Å². The molecule has 0 aliphatic carbocycles. The fraction of sp³-hybridized carbons (Fsp3) is 0.114. The minimum absolute atomic E-state index is 0.000815. The Labute approximate surface area is 603 Å². The molecule has 5 aromatic heterocycles. The summed E-state index contributed by atoms with van der Waals surface area (Å²) >= 11 is 3.11. The van der Waals surface area contributed by atoms with Crippen molar-refractivity contribution in [3.63, 3.8) is 0 Å². The van der Waals surface area contributed by atoms with E-state index in [0.717, 1.165) is 6.07 Å². The predicted octanol–water partition coefficient (Wildman–Crippen LogP) is 15.0. The second kappa shape index (κ2) is 33.7. The highest BCUT2D eigenvalue weighted by Gasteiger charge is 2.19. The standard InChI is InChI=1S/C18H16O5.C15H8O5.C15H10O5.C12H15NO3.C10H7BrO3.C9H10O3/c1-20-11-4-6-13(16(8-11)22-3)15-10-23-17-9-12(21-2)5-7-14(17)18(15)19;16-7-1-3-9-11(5-7)19-15-13(9)14(18)10-4-2-8(17)6-12(10)20-15;16-8-1-3-10(13(18)5-8)12-7-20-14-6-9(17)2-4-11(14)15(12)19;1-13(2)7-6-11(14)10-5-4-9(16-3)8-12(10)15;1-13-6-2-3-7-9(4-6)14-5-8(11)10(7)12;1-6(10)8-4-3-7(12-2)5-9(8)11/h4-10H,1-3H3;1-6,16-17H;1-7,16-18H;4-8,15H,1-3H3;2-5H,1H3;3-5,11H,1-2H3/b;;;7-6+;;. The van der Waals surface area contributed by atoms with Gasteiger partial charge in [0, 0.05) is 97.5 Å². The Morgan fingerprint density at radius 1 is 0.390 bits per heavy atom. The minimum atomic E-state index is -0.327. The quantitative estimate of drug-likeness (QED) is 0.0441. The van der Waals surface area contributed by atoms with Crippen molar-refractivity contribution in [3.05, 3.63) is 251 Å². The highest BCUT2D eigenvalue weighted by atomic mass is 79.9. The fourth-order valence-electron chi connectivity index (χ4n) is 10.2. The van der Waals surface area contributed by atoms with Crippen LogP contribution in [0, 0.1) is 0 Å². The van der Waals surface area contributed by atoms with Crippen LogP contribution in [0.25, 0.3) is 88.3 Å². The van der Waals surface area contributed by atoms with E-state index in [4.69, 9.17) is 50.5 Å². The molecule has 0 radical (unpaired) electrons. The summed E-state index contributed by atoms with van der Waals surface area (Å²) in [5, 5.41) is 68.8. The van der Waals surface area contributed by atoms with E-state index < -0.39 is 0 Å². The van der Waals surface area contributed by atoms with Gasteiger partial charge in [0.15, 0.2) is 11.6 Å². The third-order valence-electron chi connectivity index (χ3n) is 15.5. The van der Waals surface area contributed by atoms with E-state index in [1.165, 1.54) is 131 Å². The lowest BCUT2D eigenvalue weighted by molar-refractivity contribution is 0.101. The summed E-state index contributed by atoms with van der Waals surface area (Å²) in [7, 11) is 12.9. The summed E-state index contributed by atoms with van der Waals surface area (Å²) in [6.07, 6.45) is 7.07. The average Bonchev–Trinajstić information content (AvgIpc) is 1.57. The zero-order valence-electron chi connectivity index (χ0n) is 57.4. The molecule has 5 heterocycles. The Kier molecular flexibility index (Phi) is 24.3. The third-order valence-corrected chi connectivity index (χ3v) is 16.1. The highest BCUT2D eigenvalue weighted by molar-refractivity contribution is 9.10. The number of furan rings is 1. The van der Waals surface area contributed by atoms with E-state index >= 15 is 0 Å². The van der Waals surface area contributed by atoms with Crippen LogP contribution in [0.4, 0.5) is 0 Å². The van der Waals surface area contributed by atoms with Gasteiger partial charge >= 0.3 is 5.78 Å². The second-order valence-corrected chi connectivity index (χ2v) is 23.4. The summed E-state index contributed by atoms with van der Waals surface area (Å²) < 4.78 is 58.1. The number of hydrogen-bond donors (Lipinski definition) is 7. The van der Waals surface area contributed by atoms with Gasteiger partial charge in [-0.05, 0) is 132 Å². The van der Waals surface area contributed by atoms with Gasteiger partial charge in [-0.3, -0.25) is 28.8 Å². The summed E-state index contributed by atoms with van der Waals surface area (Å²) in [6, 6.07) is 41.6. The monoisotopic (exact) mass is 1490 g/mol. The molecule has 0 saturated heterocycles. The van der Waals surface area contributed by atoms with Crippen molar-refractivity contribution in [1.82, 2.24) is 4.90 Å². The SMILES string of the molecule is COc1ccc(-c2coc3cc(OC)ccc3c2=O)c(OC)c1.COc1ccc(C(=O)/C=C/N(C)C)c(O)c1.COc1ccc(C(C)=O)c(O)c1.COc1ccc2c(=O)c(Br)coc2c1.O=c1c(-c2ccc(O)cc2O)coc2cc(O)ccc12.O=c1c2ccc(O)cc2oc2oc3cc(O)ccc3c12. The van der Waals surface area contributed by atoms with Gasteiger partial charge in [0.25, 0.3) is 0 Å². The Balaban J connectivity index is 0.000000148. The number of carbonyl (C=O) groups excluding carboxylic acids is 2. The van der Waals surface area contributed by atoms with Crippen molar-refractivity contribution in [3.8, 4) is 97.0 Å². The van der Waals surface area contributed by atoms with Crippen LogP contribution in [0.2, 0.25) is 0 Å². The van der Waals surface area contributed by atoms with E-state index in [9.17, 15) is 64.5 Å². The Bertz CT molecular complexity index is 5850. The van der Waals surface area contributed by atoms with Crippen molar-refractivity contribution < 1.29 is 95.8 Å². The van der Waals surface area contributed by atoms with Crippen molar-refractivity contribution >= 4 is 93.5 Å². The molecule has 0 aliphatic heterocycles. The molecule has 14 rings (SSSR count). The van der Waals surface area contributed by atoms with Gasteiger partial charge in [0.1, 0.15) is 131 Å². The smallest absolute Gasteiger partial charge is 0.302 e. The molecular weight excluding hydrogens is 1430 g/mol. The number of benzene rings is 9. The zero-order chi connectivity index (χ0) is 75.9. The van der Waals surface area contributed by atoms with Crippen LogP contribution in [0.5, 0.6) is 74.7 Å². The number of ether oxygens (including phenoxy) is 6. The molecule has 0 amide bonds. The van der Waals surface area contributed by atoms with Gasteiger partial charge in [-0.15, -0.1) is 0 Å². The number of halogens is 1. The van der Waals surface area contributed by atoms with Crippen LogP contribution in [0.15, 0.2) is 241 Å². The molecule has 0 atom stereocenters. The van der Waals surface area contributed by atoms with Gasteiger partial charge in [-0.25, -0.2) is 0 Å².